The van der Waals surface area contributed by atoms with Crippen LogP contribution in [0.5, 0.6) is 0 Å². The van der Waals surface area contributed by atoms with Gasteiger partial charge < -0.3 is 10.4 Å². The molecule has 1 heterocycles. The Morgan fingerprint density at radius 3 is 2.65 bits per heavy atom. The van der Waals surface area contributed by atoms with Gasteiger partial charge in [0, 0.05) is 22.3 Å². The summed E-state index contributed by atoms with van der Waals surface area (Å²) in [4.78, 5) is 22.9. The second-order valence-corrected chi connectivity index (χ2v) is 5.07. The van der Waals surface area contributed by atoms with Gasteiger partial charge in [0.1, 0.15) is 0 Å². The van der Waals surface area contributed by atoms with E-state index in [4.69, 9.17) is 5.11 Å². The van der Waals surface area contributed by atoms with E-state index in [2.05, 4.69) is 5.32 Å². The van der Waals surface area contributed by atoms with Gasteiger partial charge in [-0.15, -0.1) is 11.3 Å². The molecule has 0 fully saturated rings. The average Bonchev–Trinajstić information content (AvgIpc) is 2.78. The molecule has 0 aliphatic carbocycles. The van der Waals surface area contributed by atoms with Crippen LogP contribution >= 0.6 is 11.3 Å². The lowest BCUT2D eigenvalue weighted by Crippen LogP contribution is -2.24. The molecule has 110 valence electrons. The van der Waals surface area contributed by atoms with E-state index in [1.807, 2.05) is 0 Å². The van der Waals surface area contributed by atoms with Crippen LogP contribution in [0.15, 0.2) is 18.2 Å². The summed E-state index contributed by atoms with van der Waals surface area (Å²) in [6.07, 6.45) is -3.69. The molecular formula is C12H12F3NO3S. The summed E-state index contributed by atoms with van der Waals surface area (Å²) in [5, 5.41) is 10.8. The molecular weight excluding hydrogens is 295 g/mol. The number of carboxylic acid groups (broad SMARTS) is 1. The Bertz CT molecular complexity index is 508. The third kappa shape index (κ3) is 6.93. The minimum Gasteiger partial charge on any atom is -0.478 e. The number of hydrogen-bond donors (Lipinski definition) is 2. The maximum Gasteiger partial charge on any atom is 0.389 e. The Morgan fingerprint density at radius 2 is 2.05 bits per heavy atom. The number of nitrogens with one attached hydrogen (secondary N) is 1. The first-order chi connectivity index (χ1) is 9.26. The van der Waals surface area contributed by atoms with E-state index in [1.165, 1.54) is 17.4 Å². The van der Waals surface area contributed by atoms with Crippen molar-refractivity contribution < 1.29 is 27.9 Å². The van der Waals surface area contributed by atoms with Crippen LogP contribution < -0.4 is 5.32 Å². The van der Waals surface area contributed by atoms with Gasteiger partial charge in [0.15, 0.2) is 0 Å². The quantitative estimate of drug-likeness (QED) is 0.794. The van der Waals surface area contributed by atoms with E-state index in [1.54, 1.807) is 12.1 Å². The van der Waals surface area contributed by atoms with Crippen LogP contribution in [-0.2, 0) is 16.1 Å². The summed E-state index contributed by atoms with van der Waals surface area (Å²) in [7, 11) is 0. The number of carboxylic acids is 1. The minimum absolute atomic E-state index is 0.127. The van der Waals surface area contributed by atoms with Crippen LogP contribution in [0.4, 0.5) is 13.2 Å². The van der Waals surface area contributed by atoms with Crippen molar-refractivity contribution in [1.29, 1.82) is 0 Å². The molecule has 0 atom stereocenters. The molecule has 1 aromatic heterocycles. The topological polar surface area (TPSA) is 66.4 Å². The standard InChI is InChI=1S/C12H12F3NO3S/c13-12(14,15)6-5-10(17)16-7-9-2-1-8(20-9)3-4-11(18)19/h1-4H,5-7H2,(H,16,17)(H,18,19). The van der Waals surface area contributed by atoms with Gasteiger partial charge in [-0.25, -0.2) is 4.79 Å². The highest BCUT2D eigenvalue weighted by atomic mass is 32.1. The second-order valence-electron chi connectivity index (χ2n) is 3.87. The van der Waals surface area contributed by atoms with Crippen LogP contribution in [-0.4, -0.2) is 23.2 Å². The molecule has 0 saturated carbocycles. The molecule has 0 aliphatic rings. The number of carbonyl (C=O) groups excluding carboxylic acids is 1. The SMILES string of the molecule is O=C(O)C=Cc1ccc(CNC(=O)CCC(F)(F)F)s1. The molecule has 0 bridgehead atoms. The zero-order chi connectivity index (χ0) is 15.2. The lowest BCUT2D eigenvalue weighted by molar-refractivity contribution is -0.144. The third-order valence-corrected chi connectivity index (χ3v) is 3.22. The molecule has 20 heavy (non-hydrogen) atoms. The van der Waals surface area contributed by atoms with Crippen LogP contribution in [0.25, 0.3) is 6.08 Å². The van der Waals surface area contributed by atoms with Gasteiger partial charge in [0.2, 0.25) is 5.91 Å². The van der Waals surface area contributed by atoms with Crippen molar-refractivity contribution in [3.05, 3.63) is 28.0 Å². The summed E-state index contributed by atoms with van der Waals surface area (Å²) in [5.74, 6) is -1.74. The predicted molar refractivity (Wildman–Crippen MR) is 68.1 cm³/mol. The molecule has 1 amide bonds. The summed E-state index contributed by atoms with van der Waals surface area (Å²) >= 11 is 1.25. The van der Waals surface area contributed by atoms with Gasteiger partial charge >= 0.3 is 12.1 Å². The smallest absolute Gasteiger partial charge is 0.389 e. The molecule has 0 spiro atoms. The summed E-state index contributed by atoms with van der Waals surface area (Å²) in [5.41, 5.74) is 0. The van der Waals surface area contributed by atoms with Crippen molar-refractivity contribution in [2.24, 2.45) is 0 Å². The number of alkyl halides is 3. The van der Waals surface area contributed by atoms with Crippen molar-refractivity contribution in [3.63, 3.8) is 0 Å². The Balaban J connectivity index is 2.39. The number of hydrogen-bond acceptors (Lipinski definition) is 3. The monoisotopic (exact) mass is 307 g/mol. The Kier molecular flexibility index (Phi) is 5.75. The third-order valence-electron chi connectivity index (χ3n) is 2.17. The molecule has 1 rings (SSSR count). The van der Waals surface area contributed by atoms with Crippen molar-refractivity contribution in [2.75, 3.05) is 0 Å². The number of halogens is 3. The van der Waals surface area contributed by atoms with E-state index in [0.717, 1.165) is 11.0 Å². The van der Waals surface area contributed by atoms with Crippen LogP contribution in [0, 0.1) is 0 Å². The lowest BCUT2D eigenvalue weighted by Gasteiger charge is -2.06. The highest BCUT2D eigenvalue weighted by Gasteiger charge is 2.27. The normalized spacial score (nSPS) is 11.8. The van der Waals surface area contributed by atoms with E-state index in [9.17, 15) is 22.8 Å². The fraction of sp³-hybridized carbons (Fsp3) is 0.333. The lowest BCUT2D eigenvalue weighted by atomic mass is 10.3. The van der Waals surface area contributed by atoms with E-state index >= 15 is 0 Å². The maximum atomic E-state index is 11.9. The van der Waals surface area contributed by atoms with Crippen LogP contribution in [0.2, 0.25) is 0 Å². The fourth-order valence-electron chi connectivity index (χ4n) is 1.26. The number of amides is 1. The first kappa shape index (κ1) is 16.2. The number of rotatable bonds is 6. The molecule has 8 heteroatoms. The molecule has 2 N–H and O–H groups in total. The summed E-state index contributed by atoms with van der Waals surface area (Å²) in [6.45, 7) is 0.127. The number of carbonyl (C=O) groups is 2. The predicted octanol–water partition coefficient (Wildman–Crippen LogP) is 2.80. The fourth-order valence-corrected chi connectivity index (χ4v) is 2.12. The van der Waals surface area contributed by atoms with Crippen LogP contribution in [0.3, 0.4) is 0 Å². The first-order valence-electron chi connectivity index (χ1n) is 5.59. The molecule has 0 saturated heterocycles. The second kappa shape index (κ2) is 7.09. The Labute approximate surface area is 116 Å². The Morgan fingerprint density at radius 1 is 1.35 bits per heavy atom. The van der Waals surface area contributed by atoms with Crippen LogP contribution in [0.1, 0.15) is 22.6 Å². The zero-order valence-electron chi connectivity index (χ0n) is 10.2. The maximum absolute atomic E-state index is 11.9. The average molecular weight is 307 g/mol. The highest BCUT2D eigenvalue weighted by Crippen LogP contribution is 2.21. The molecule has 1 aromatic rings. The van der Waals surface area contributed by atoms with Crippen molar-refractivity contribution in [3.8, 4) is 0 Å². The van der Waals surface area contributed by atoms with E-state index in [-0.39, 0.29) is 6.54 Å². The number of aliphatic carboxylic acids is 1. The largest absolute Gasteiger partial charge is 0.478 e. The minimum atomic E-state index is -4.34. The molecule has 0 radical (unpaired) electrons. The van der Waals surface area contributed by atoms with E-state index < -0.39 is 30.9 Å². The van der Waals surface area contributed by atoms with Crippen molar-refractivity contribution in [2.45, 2.75) is 25.6 Å². The van der Waals surface area contributed by atoms with Gasteiger partial charge in [0.25, 0.3) is 0 Å². The van der Waals surface area contributed by atoms with Gasteiger partial charge in [-0.1, -0.05) is 0 Å². The van der Waals surface area contributed by atoms with Gasteiger partial charge in [0.05, 0.1) is 13.0 Å². The van der Waals surface area contributed by atoms with Crippen molar-refractivity contribution in [1.82, 2.24) is 5.32 Å². The molecule has 0 aliphatic heterocycles. The highest BCUT2D eigenvalue weighted by molar-refractivity contribution is 7.12. The Hall–Kier alpha value is -1.83. The molecule has 4 nitrogen and oxygen atoms in total. The van der Waals surface area contributed by atoms with Gasteiger partial charge in [-0.2, -0.15) is 13.2 Å². The zero-order valence-corrected chi connectivity index (χ0v) is 11.1. The van der Waals surface area contributed by atoms with Crippen molar-refractivity contribution >= 4 is 29.3 Å². The van der Waals surface area contributed by atoms with Gasteiger partial charge in [-0.05, 0) is 18.2 Å². The molecule has 0 unspecified atom stereocenters. The number of thiophene rings is 1. The van der Waals surface area contributed by atoms with E-state index in [0.29, 0.717) is 4.88 Å². The first-order valence-corrected chi connectivity index (χ1v) is 6.41. The summed E-state index contributed by atoms with van der Waals surface area (Å²) in [6, 6.07) is 3.34. The van der Waals surface area contributed by atoms with Gasteiger partial charge in [-0.3, -0.25) is 4.79 Å². The molecule has 0 aromatic carbocycles. The summed E-state index contributed by atoms with van der Waals surface area (Å²) < 4.78 is 35.7.